The van der Waals surface area contributed by atoms with Gasteiger partial charge in [-0.2, -0.15) is 0 Å². The molecule has 29 heavy (non-hydrogen) atoms. The summed E-state index contributed by atoms with van der Waals surface area (Å²) in [7, 11) is 2.99. The summed E-state index contributed by atoms with van der Waals surface area (Å²) < 4.78 is 4.12. The van der Waals surface area contributed by atoms with Crippen LogP contribution in [-0.4, -0.2) is 37.9 Å². The molecule has 0 aliphatic carbocycles. The SMILES string of the molecule is Cn1c(=O)c2c(c(O)c(N3CCC[C@@H](N)C3)n2Cc2ccccc2Cl)n(C)c1=O. The molecule has 1 aliphatic heterocycles. The minimum atomic E-state index is -0.491. The minimum absolute atomic E-state index is 0.0263. The first-order chi connectivity index (χ1) is 13.8. The second-order valence-electron chi connectivity index (χ2n) is 7.60. The van der Waals surface area contributed by atoms with Gasteiger partial charge in [0.25, 0.3) is 5.56 Å². The molecular formula is C20H24ClN5O3. The number of aromatic hydroxyl groups is 1. The summed E-state index contributed by atoms with van der Waals surface area (Å²) in [4.78, 5) is 27.5. The minimum Gasteiger partial charge on any atom is -0.503 e. The molecule has 3 aromatic rings. The Morgan fingerprint density at radius 2 is 1.90 bits per heavy atom. The van der Waals surface area contributed by atoms with Crippen LogP contribution in [0.1, 0.15) is 18.4 Å². The van der Waals surface area contributed by atoms with E-state index < -0.39 is 11.2 Å². The zero-order valence-electron chi connectivity index (χ0n) is 16.4. The van der Waals surface area contributed by atoms with Crippen molar-refractivity contribution < 1.29 is 5.11 Å². The van der Waals surface area contributed by atoms with Crippen LogP contribution in [-0.2, 0) is 20.6 Å². The number of hydrogen-bond acceptors (Lipinski definition) is 5. The monoisotopic (exact) mass is 417 g/mol. The molecule has 1 saturated heterocycles. The molecule has 154 valence electrons. The van der Waals surface area contributed by atoms with Crippen molar-refractivity contribution in [3.8, 4) is 5.75 Å². The first-order valence-electron chi connectivity index (χ1n) is 9.56. The lowest BCUT2D eigenvalue weighted by molar-refractivity contribution is 0.458. The Bertz CT molecular complexity index is 1210. The molecule has 0 bridgehead atoms. The lowest BCUT2D eigenvalue weighted by Gasteiger charge is -2.33. The fourth-order valence-corrected chi connectivity index (χ4v) is 4.35. The zero-order chi connectivity index (χ0) is 20.9. The number of benzene rings is 1. The van der Waals surface area contributed by atoms with E-state index in [0.717, 1.165) is 23.0 Å². The van der Waals surface area contributed by atoms with E-state index in [2.05, 4.69) is 0 Å². The number of aromatic nitrogens is 3. The number of piperidine rings is 1. The highest BCUT2D eigenvalue weighted by atomic mass is 35.5. The van der Waals surface area contributed by atoms with Crippen molar-refractivity contribution in [2.75, 3.05) is 18.0 Å². The van der Waals surface area contributed by atoms with E-state index in [1.165, 1.54) is 11.6 Å². The van der Waals surface area contributed by atoms with Crippen molar-refractivity contribution in [1.82, 2.24) is 13.7 Å². The molecule has 3 heterocycles. The van der Waals surface area contributed by atoms with Gasteiger partial charge < -0.3 is 20.3 Å². The highest BCUT2D eigenvalue weighted by Gasteiger charge is 2.29. The van der Waals surface area contributed by atoms with Crippen molar-refractivity contribution in [3.05, 3.63) is 55.7 Å². The molecule has 1 fully saturated rings. The quantitative estimate of drug-likeness (QED) is 0.670. The summed E-state index contributed by atoms with van der Waals surface area (Å²) in [5, 5.41) is 11.7. The Balaban J connectivity index is 2.05. The van der Waals surface area contributed by atoms with Crippen LogP contribution in [0, 0.1) is 0 Å². The molecular weight excluding hydrogens is 394 g/mol. The number of nitrogens with two attached hydrogens (primary N) is 1. The van der Waals surface area contributed by atoms with Crippen molar-refractivity contribution in [3.63, 3.8) is 0 Å². The van der Waals surface area contributed by atoms with Crippen molar-refractivity contribution >= 4 is 28.5 Å². The molecule has 1 atom stereocenters. The van der Waals surface area contributed by atoms with E-state index in [4.69, 9.17) is 17.3 Å². The molecule has 2 aromatic heterocycles. The summed E-state index contributed by atoms with van der Waals surface area (Å²) >= 11 is 6.37. The van der Waals surface area contributed by atoms with E-state index in [0.29, 0.717) is 23.9 Å². The second kappa shape index (κ2) is 7.27. The van der Waals surface area contributed by atoms with E-state index in [-0.39, 0.29) is 29.4 Å². The first-order valence-corrected chi connectivity index (χ1v) is 9.94. The first kappa shape index (κ1) is 19.6. The van der Waals surface area contributed by atoms with Crippen LogP contribution in [0.15, 0.2) is 33.9 Å². The van der Waals surface area contributed by atoms with Gasteiger partial charge in [0.15, 0.2) is 11.6 Å². The Morgan fingerprint density at radius 3 is 2.59 bits per heavy atom. The second-order valence-corrected chi connectivity index (χ2v) is 8.01. The van der Waals surface area contributed by atoms with Gasteiger partial charge in [-0.25, -0.2) is 4.79 Å². The Labute approximate surface area is 172 Å². The number of anilines is 1. The van der Waals surface area contributed by atoms with Gasteiger partial charge in [-0.1, -0.05) is 29.8 Å². The van der Waals surface area contributed by atoms with Crippen LogP contribution in [0.2, 0.25) is 5.02 Å². The van der Waals surface area contributed by atoms with Gasteiger partial charge in [-0.05, 0) is 24.5 Å². The van der Waals surface area contributed by atoms with Gasteiger partial charge in [0.2, 0.25) is 0 Å². The van der Waals surface area contributed by atoms with Gasteiger partial charge in [0.1, 0.15) is 11.0 Å². The average molecular weight is 418 g/mol. The number of nitrogens with zero attached hydrogens (tertiary/aromatic N) is 4. The largest absolute Gasteiger partial charge is 0.503 e. The number of fused-ring (bicyclic) bond motifs is 1. The molecule has 4 rings (SSSR count). The van der Waals surface area contributed by atoms with E-state index in [1.807, 2.05) is 23.1 Å². The summed E-state index contributed by atoms with van der Waals surface area (Å²) in [6.45, 7) is 1.54. The third-order valence-corrected chi connectivity index (χ3v) is 6.01. The molecule has 0 saturated carbocycles. The predicted octanol–water partition coefficient (Wildman–Crippen LogP) is 1.37. The zero-order valence-corrected chi connectivity index (χ0v) is 17.2. The van der Waals surface area contributed by atoms with E-state index in [9.17, 15) is 14.7 Å². The van der Waals surface area contributed by atoms with Gasteiger partial charge in [0.05, 0.1) is 6.54 Å². The predicted molar refractivity (Wildman–Crippen MR) is 114 cm³/mol. The highest BCUT2D eigenvalue weighted by Crippen LogP contribution is 2.38. The Kier molecular flexibility index (Phi) is 4.92. The summed E-state index contributed by atoms with van der Waals surface area (Å²) in [6, 6.07) is 7.35. The molecule has 0 spiro atoms. The van der Waals surface area contributed by atoms with Crippen LogP contribution >= 0.6 is 11.6 Å². The van der Waals surface area contributed by atoms with Gasteiger partial charge in [-0.15, -0.1) is 0 Å². The van der Waals surface area contributed by atoms with Crippen LogP contribution in [0.3, 0.4) is 0 Å². The summed E-state index contributed by atoms with van der Waals surface area (Å²) in [6.07, 6.45) is 1.79. The van der Waals surface area contributed by atoms with E-state index >= 15 is 0 Å². The smallest absolute Gasteiger partial charge is 0.331 e. The van der Waals surface area contributed by atoms with Crippen LogP contribution < -0.4 is 21.9 Å². The summed E-state index contributed by atoms with van der Waals surface area (Å²) in [5.41, 5.74) is 6.51. The third kappa shape index (κ3) is 3.12. The highest BCUT2D eigenvalue weighted by molar-refractivity contribution is 6.31. The maximum absolute atomic E-state index is 13.1. The molecule has 9 heteroatoms. The standard InChI is InChI=1S/C20H24ClN5O3/c1-23-15-16(19(28)24(2)20(23)29)26(10-12-6-3-4-8-14(12)21)18(17(15)27)25-9-5-7-13(22)11-25/h3-4,6,8,13,27H,5,7,9-11,22H2,1-2H3/t13-/m1/s1. The normalized spacial score (nSPS) is 17.2. The molecule has 1 aromatic carbocycles. The molecule has 3 N–H and O–H groups in total. The van der Waals surface area contributed by atoms with Crippen molar-refractivity contribution in [1.29, 1.82) is 0 Å². The van der Waals surface area contributed by atoms with Crippen LogP contribution in [0.25, 0.3) is 11.0 Å². The molecule has 0 unspecified atom stereocenters. The molecule has 8 nitrogen and oxygen atoms in total. The van der Waals surface area contributed by atoms with Crippen LogP contribution in [0.4, 0.5) is 5.82 Å². The maximum Gasteiger partial charge on any atom is 0.331 e. The Hall–Kier alpha value is -2.71. The van der Waals surface area contributed by atoms with Gasteiger partial charge in [-0.3, -0.25) is 13.9 Å². The molecule has 0 radical (unpaired) electrons. The van der Waals surface area contributed by atoms with Crippen molar-refractivity contribution in [2.45, 2.75) is 25.4 Å². The number of aryl methyl sites for hydroxylation is 1. The third-order valence-electron chi connectivity index (χ3n) is 5.65. The van der Waals surface area contributed by atoms with Gasteiger partial charge in [0, 0.05) is 38.2 Å². The maximum atomic E-state index is 13.1. The Morgan fingerprint density at radius 1 is 1.17 bits per heavy atom. The van der Waals surface area contributed by atoms with E-state index in [1.54, 1.807) is 17.7 Å². The topological polar surface area (TPSA) is 98.4 Å². The lowest BCUT2D eigenvalue weighted by Crippen LogP contribution is -2.43. The fraction of sp³-hybridized carbons (Fsp3) is 0.400. The van der Waals surface area contributed by atoms with Crippen LogP contribution in [0.5, 0.6) is 5.75 Å². The van der Waals surface area contributed by atoms with Gasteiger partial charge >= 0.3 is 5.69 Å². The van der Waals surface area contributed by atoms with Crippen molar-refractivity contribution in [2.24, 2.45) is 19.8 Å². The number of rotatable bonds is 3. The summed E-state index contributed by atoms with van der Waals surface area (Å²) in [5.74, 6) is 0.409. The lowest BCUT2D eigenvalue weighted by atomic mass is 10.1. The fourth-order valence-electron chi connectivity index (χ4n) is 4.15. The number of hydrogen-bond donors (Lipinski definition) is 2. The number of halogens is 1. The average Bonchev–Trinajstić information content (AvgIpc) is 2.98. The molecule has 1 aliphatic rings. The molecule has 0 amide bonds.